The van der Waals surface area contributed by atoms with Crippen molar-refractivity contribution in [3.8, 4) is 0 Å². The summed E-state index contributed by atoms with van der Waals surface area (Å²) in [5, 5.41) is 18.4. The Kier molecular flexibility index (Phi) is 4.17. The fraction of sp³-hybridized carbons (Fsp3) is 0.750. The Morgan fingerprint density at radius 1 is 1.78 bits per heavy atom. The zero-order valence-electron chi connectivity index (χ0n) is 4.67. The van der Waals surface area contributed by atoms with Crippen LogP contribution in [-0.2, 0) is 0 Å². The van der Waals surface area contributed by atoms with Crippen LogP contribution in [0.4, 0.5) is 4.79 Å². The first-order valence-corrected chi connectivity index (χ1v) is 2.90. The second-order valence-corrected chi connectivity index (χ2v) is 1.79. The summed E-state index contributed by atoms with van der Waals surface area (Å²) in [7, 11) is 0. The van der Waals surface area contributed by atoms with Gasteiger partial charge in [-0.05, 0) is 0 Å². The van der Waals surface area contributed by atoms with Crippen molar-refractivity contribution in [2.24, 2.45) is 0 Å². The van der Waals surface area contributed by atoms with Gasteiger partial charge in [0.2, 0.25) is 0 Å². The first-order valence-electron chi connectivity index (χ1n) is 2.37. The summed E-state index contributed by atoms with van der Waals surface area (Å²) < 4.78 is 0. The highest BCUT2D eigenvalue weighted by Crippen LogP contribution is 1.85. The maximum absolute atomic E-state index is 9.85. The molecule has 0 fully saturated rings. The summed E-state index contributed by atoms with van der Waals surface area (Å²) in [5.41, 5.74) is 0. The van der Waals surface area contributed by atoms with Crippen LogP contribution in [-0.4, -0.2) is 34.8 Å². The van der Waals surface area contributed by atoms with E-state index in [4.69, 9.17) is 21.8 Å². The molecule has 0 aromatic rings. The predicted molar refractivity (Wildman–Crippen MR) is 32.8 cm³/mol. The van der Waals surface area contributed by atoms with Crippen LogP contribution in [0.2, 0.25) is 0 Å². The summed E-state index contributed by atoms with van der Waals surface area (Å²) in [4.78, 5) is 9.85. The Hall–Kier alpha value is -0.480. The topological polar surface area (TPSA) is 69.6 Å². The molecule has 54 valence electrons. The molecule has 4 nitrogen and oxygen atoms in total. The maximum Gasteiger partial charge on any atom is 0.404 e. The number of alkyl halides is 1. The molecule has 1 unspecified atom stereocenters. The number of nitrogens with one attached hydrogen (secondary N) is 1. The van der Waals surface area contributed by atoms with E-state index >= 15 is 0 Å². The number of hydrogen-bond acceptors (Lipinski definition) is 2. The van der Waals surface area contributed by atoms with Crippen molar-refractivity contribution in [3.05, 3.63) is 0 Å². The van der Waals surface area contributed by atoms with Gasteiger partial charge < -0.3 is 15.5 Å². The van der Waals surface area contributed by atoms with E-state index in [-0.39, 0.29) is 12.5 Å². The van der Waals surface area contributed by atoms with Gasteiger partial charge in [-0.2, -0.15) is 0 Å². The fourth-order valence-corrected chi connectivity index (χ4v) is 0.482. The van der Waals surface area contributed by atoms with Gasteiger partial charge >= 0.3 is 6.09 Å². The molecule has 3 N–H and O–H groups in total. The van der Waals surface area contributed by atoms with E-state index in [2.05, 4.69) is 0 Å². The summed E-state index contributed by atoms with van der Waals surface area (Å²) in [6, 6.07) is -0.552. The van der Waals surface area contributed by atoms with Gasteiger partial charge in [0, 0.05) is 5.88 Å². The minimum atomic E-state index is -1.17. The van der Waals surface area contributed by atoms with Crippen molar-refractivity contribution in [2.45, 2.75) is 6.04 Å². The quantitative estimate of drug-likeness (QED) is 0.494. The van der Waals surface area contributed by atoms with Gasteiger partial charge in [0.05, 0.1) is 12.6 Å². The molecule has 9 heavy (non-hydrogen) atoms. The molecule has 0 aliphatic heterocycles. The molecule has 0 saturated heterocycles. The minimum absolute atomic E-state index is 0.0861. The number of amides is 1. The first kappa shape index (κ1) is 8.52. The van der Waals surface area contributed by atoms with Crippen LogP contribution < -0.4 is 5.32 Å². The third-order valence-corrected chi connectivity index (χ3v) is 1.11. The third kappa shape index (κ3) is 4.05. The smallest absolute Gasteiger partial charge is 0.404 e. The minimum Gasteiger partial charge on any atom is -0.465 e. The van der Waals surface area contributed by atoms with Crippen molar-refractivity contribution in [1.29, 1.82) is 0 Å². The highest BCUT2D eigenvalue weighted by atomic mass is 35.5. The van der Waals surface area contributed by atoms with Crippen molar-refractivity contribution in [3.63, 3.8) is 0 Å². The molecule has 0 radical (unpaired) electrons. The zero-order chi connectivity index (χ0) is 7.28. The first-order chi connectivity index (χ1) is 4.20. The van der Waals surface area contributed by atoms with Crippen LogP contribution in [0.25, 0.3) is 0 Å². The van der Waals surface area contributed by atoms with E-state index in [0.717, 1.165) is 0 Å². The van der Waals surface area contributed by atoms with Crippen molar-refractivity contribution < 1.29 is 15.0 Å². The Bertz CT molecular complexity index is 93.8. The van der Waals surface area contributed by atoms with E-state index in [0.29, 0.717) is 0 Å². The molecule has 0 spiro atoms. The Labute approximate surface area is 57.4 Å². The van der Waals surface area contributed by atoms with Crippen LogP contribution in [0.5, 0.6) is 0 Å². The molecule has 0 aromatic heterocycles. The number of halogens is 1. The number of rotatable bonds is 3. The van der Waals surface area contributed by atoms with E-state index < -0.39 is 12.1 Å². The Balaban J connectivity index is 3.43. The van der Waals surface area contributed by atoms with E-state index in [1.54, 1.807) is 0 Å². The fourth-order valence-electron chi connectivity index (χ4n) is 0.308. The summed E-state index contributed by atoms with van der Waals surface area (Å²) in [5.74, 6) is 0.0861. The van der Waals surface area contributed by atoms with Gasteiger partial charge in [-0.15, -0.1) is 11.6 Å². The number of hydrogen-bond donors (Lipinski definition) is 3. The average Bonchev–Trinajstić information content (AvgIpc) is 1.82. The summed E-state index contributed by atoms with van der Waals surface area (Å²) in [6.07, 6.45) is -1.17. The summed E-state index contributed by atoms with van der Waals surface area (Å²) >= 11 is 5.23. The second kappa shape index (κ2) is 4.40. The van der Waals surface area contributed by atoms with Crippen molar-refractivity contribution in [1.82, 2.24) is 5.32 Å². The van der Waals surface area contributed by atoms with Crippen LogP contribution >= 0.6 is 11.6 Å². The third-order valence-electron chi connectivity index (χ3n) is 0.734. The number of aliphatic hydroxyl groups is 1. The van der Waals surface area contributed by atoms with E-state index in [9.17, 15) is 4.79 Å². The molecular weight excluding hydrogens is 146 g/mol. The van der Waals surface area contributed by atoms with Gasteiger partial charge in [-0.25, -0.2) is 4.79 Å². The standard InChI is InChI=1S/C4H8ClNO3/c5-1-3(2-7)6-4(8)9/h3,6-7H,1-2H2,(H,8,9). The number of aliphatic hydroxyl groups excluding tert-OH is 1. The normalized spacial score (nSPS) is 12.7. The maximum atomic E-state index is 9.85. The number of carboxylic acid groups (broad SMARTS) is 1. The molecule has 0 aromatic carbocycles. The lowest BCUT2D eigenvalue weighted by Crippen LogP contribution is -2.37. The van der Waals surface area contributed by atoms with Gasteiger partial charge in [-0.3, -0.25) is 0 Å². The van der Waals surface area contributed by atoms with Crippen LogP contribution in [0.3, 0.4) is 0 Å². The van der Waals surface area contributed by atoms with Crippen molar-refractivity contribution in [2.75, 3.05) is 12.5 Å². The number of carbonyl (C=O) groups is 1. The predicted octanol–water partition coefficient (Wildman–Crippen LogP) is -0.146. The molecule has 1 amide bonds. The lowest BCUT2D eigenvalue weighted by Gasteiger charge is -2.08. The SMILES string of the molecule is O=C(O)NC(CO)CCl. The van der Waals surface area contributed by atoms with Gasteiger partial charge in [0.15, 0.2) is 0 Å². The zero-order valence-corrected chi connectivity index (χ0v) is 5.43. The molecule has 0 saturated carbocycles. The Morgan fingerprint density at radius 2 is 2.33 bits per heavy atom. The van der Waals surface area contributed by atoms with Gasteiger partial charge in [0.25, 0.3) is 0 Å². The van der Waals surface area contributed by atoms with E-state index in [1.807, 2.05) is 5.32 Å². The lowest BCUT2D eigenvalue weighted by atomic mass is 10.4. The highest BCUT2D eigenvalue weighted by molar-refractivity contribution is 6.18. The molecule has 0 bridgehead atoms. The second-order valence-electron chi connectivity index (χ2n) is 1.48. The molecule has 0 aliphatic carbocycles. The van der Waals surface area contributed by atoms with Crippen LogP contribution in [0, 0.1) is 0 Å². The molecule has 1 atom stereocenters. The van der Waals surface area contributed by atoms with Gasteiger partial charge in [-0.1, -0.05) is 0 Å². The lowest BCUT2D eigenvalue weighted by molar-refractivity contribution is 0.180. The molecular formula is C4H8ClNO3. The Morgan fingerprint density at radius 3 is 2.44 bits per heavy atom. The molecule has 5 heteroatoms. The average molecular weight is 154 g/mol. The monoisotopic (exact) mass is 153 g/mol. The van der Waals surface area contributed by atoms with Crippen LogP contribution in [0.1, 0.15) is 0 Å². The van der Waals surface area contributed by atoms with Gasteiger partial charge in [0.1, 0.15) is 0 Å². The molecule has 0 rings (SSSR count). The van der Waals surface area contributed by atoms with E-state index in [1.165, 1.54) is 0 Å². The molecule has 0 aliphatic rings. The van der Waals surface area contributed by atoms with Crippen molar-refractivity contribution >= 4 is 17.7 Å². The largest absolute Gasteiger partial charge is 0.465 e. The molecule has 0 heterocycles. The van der Waals surface area contributed by atoms with Crippen LogP contribution in [0.15, 0.2) is 0 Å². The summed E-state index contributed by atoms with van der Waals surface area (Å²) in [6.45, 7) is -0.268. The highest BCUT2D eigenvalue weighted by Gasteiger charge is 2.06.